The van der Waals surface area contributed by atoms with Gasteiger partial charge in [0.05, 0.1) is 10.8 Å². The van der Waals surface area contributed by atoms with Crippen LogP contribution in [0.4, 0.5) is 0 Å². The summed E-state index contributed by atoms with van der Waals surface area (Å²) in [6.07, 6.45) is 0.572. The highest BCUT2D eigenvalue weighted by atomic mass is 32.1. The molecule has 0 saturated carbocycles. The third-order valence-electron chi connectivity index (χ3n) is 5.10. The first-order valence-electron chi connectivity index (χ1n) is 8.77. The van der Waals surface area contributed by atoms with Gasteiger partial charge in [-0.1, -0.05) is 42.5 Å². The van der Waals surface area contributed by atoms with Crippen LogP contribution in [-0.2, 0) is 12.1 Å². The summed E-state index contributed by atoms with van der Waals surface area (Å²) in [4.78, 5) is 17.1. The number of carbonyl (C=O) groups is 1. The maximum atomic E-state index is 13.2. The Balaban J connectivity index is 1.62. The topological polar surface area (TPSA) is 40.5 Å². The van der Waals surface area contributed by atoms with Gasteiger partial charge in [-0.25, -0.2) is 0 Å². The van der Waals surface area contributed by atoms with Crippen molar-refractivity contribution in [2.75, 3.05) is 13.1 Å². The molecule has 3 nitrogen and oxygen atoms in total. The highest BCUT2D eigenvalue weighted by Gasteiger charge is 2.47. The number of likely N-dealkylation sites (tertiary alicyclic amines) is 1. The number of rotatable bonds is 5. The maximum absolute atomic E-state index is 13.2. The Hall–Kier alpha value is -1.79. The van der Waals surface area contributed by atoms with Crippen molar-refractivity contribution in [2.45, 2.75) is 18.6 Å². The number of hydrogen-bond donors (Lipinski definition) is 1. The van der Waals surface area contributed by atoms with Crippen LogP contribution in [-0.4, -0.2) is 28.9 Å². The minimum atomic E-state index is -1.08. The Morgan fingerprint density at radius 2 is 1.85 bits per heavy atom. The van der Waals surface area contributed by atoms with E-state index in [0.717, 1.165) is 22.8 Å². The van der Waals surface area contributed by atoms with Crippen LogP contribution >= 0.6 is 22.7 Å². The van der Waals surface area contributed by atoms with Crippen molar-refractivity contribution in [3.8, 4) is 0 Å². The first-order valence-corrected chi connectivity index (χ1v) is 10.5. The Morgan fingerprint density at radius 3 is 2.54 bits per heavy atom. The van der Waals surface area contributed by atoms with Gasteiger partial charge in [0.15, 0.2) is 5.78 Å². The molecule has 1 saturated heterocycles. The fourth-order valence-corrected chi connectivity index (χ4v) is 5.33. The van der Waals surface area contributed by atoms with Crippen molar-refractivity contribution >= 4 is 28.5 Å². The van der Waals surface area contributed by atoms with E-state index in [9.17, 15) is 9.90 Å². The maximum Gasteiger partial charge on any atom is 0.180 e. The number of nitrogens with zero attached hydrogens (tertiary/aromatic N) is 1. The van der Waals surface area contributed by atoms with Crippen LogP contribution in [0, 0.1) is 5.92 Å². The van der Waals surface area contributed by atoms with Gasteiger partial charge in [0.25, 0.3) is 0 Å². The average Bonchev–Trinajstić information content (AvgIpc) is 3.38. The lowest BCUT2D eigenvalue weighted by Crippen LogP contribution is -2.52. The van der Waals surface area contributed by atoms with Crippen molar-refractivity contribution in [2.24, 2.45) is 5.92 Å². The molecule has 3 aromatic rings. The molecule has 5 heteroatoms. The van der Waals surface area contributed by atoms with E-state index < -0.39 is 11.5 Å². The summed E-state index contributed by atoms with van der Waals surface area (Å²) in [6, 6.07) is 18.0. The predicted molar refractivity (Wildman–Crippen MR) is 107 cm³/mol. The van der Waals surface area contributed by atoms with Crippen LogP contribution in [0.1, 0.15) is 26.5 Å². The third-order valence-corrected chi connectivity index (χ3v) is 7.02. The molecular weight excluding hydrogens is 362 g/mol. The van der Waals surface area contributed by atoms with Gasteiger partial charge in [0.2, 0.25) is 0 Å². The molecular formula is C21H21NO2S2. The number of thiophene rings is 2. The molecule has 3 heterocycles. The summed E-state index contributed by atoms with van der Waals surface area (Å²) in [5.74, 6) is -0.397. The summed E-state index contributed by atoms with van der Waals surface area (Å²) in [5.41, 5.74) is 0.152. The van der Waals surface area contributed by atoms with Gasteiger partial charge < -0.3 is 5.11 Å². The fraction of sp³-hybridized carbons (Fsp3) is 0.286. The van der Waals surface area contributed by atoms with Crippen molar-refractivity contribution < 1.29 is 9.90 Å². The first-order chi connectivity index (χ1) is 12.7. The van der Waals surface area contributed by atoms with E-state index in [0.29, 0.717) is 13.0 Å². The SMILES string of the molecule is O=C(c1cccs1)[C@@H]1CN(Cc2ccccc2)CC[C@@]1(O)c1cccs1. The Kier molecular flexibility index (Phi) is 5.05. The molecule has 2 aromatic heterocycles. The smallest absolute Gasteiger partial charge is 0.180 e. The minimum absolute atomic E-state index is 0.0497. The van der Waals surface area contributed by atoms with E-state index in [1.807, 2.05) is 53.2 Å². The molecule has 26 heavy (non-hydrogen) atoms. The molecule has 0 amide bonds. The number of aliphatic hydroxyl groups is 1. The van der Waals surface area contributed by atoms with Gasteiger partial charge in [-0.2, -0.15) is 0 Å². The molecule has 0 spiro atoms. The lowest BCUT2D eigenvalue weighted by atomic mass is 9.76. The van der Waals surface area contributed by atoms with Gasteiger partial charge in [0.1, 0.15) is 5.60 Å². The number of Topliss-reactive ketones (excluding diaryl/α,β-unsaturated/α-hetero) is 1. The second kappa shape index (κ2) is 7.45. The van der Waals surface area contributed by atoms with Gasteiger partial charge in [-0.05, 0) is 34.9 Å². The quantitative estimate of drug-likeness (QED) is 0.664. The Labute approximate surface area is 161 Å². The molecule has 1 aliphatic rings. The standard InChI is InChI=1S/C21H21NO2S2/c23-20(18-8-4-12-25-18)17-15-22(14-16-6-2-1-3-7-16)11-10-21(17,24)19-9-5-13-26-19/h1-9,12-13,17,24H,10-11,14-15H2/t17-,21-/m0/s1. The van der Waals surface area contributed by atoms with Crippen LogP contribution in [0.5, 0.6) is 0 Å². The van der Waals surface area contributed by atoms with Gasteiger partial charge >= 0.3 is 0 Å². The van der Waals surface area contributed by atoms with E-state index in [4.69, 9.17) is 0 Å². The highest BCUT2D eigenvalue weighted by Crippen LogP contribution is 2.42. The van der Waals surface area contributed by atoms with Crippen LogP contribution in [0.2, 0.25) is 0 Å². The van der Waals surface area contributed by atoms with Crippen LogP contribution in [0.3, 0.4) is 0 Å². The molecule has 0 radical (unpaired) electrons. The predicted octanol–water partition coefficient (Wildman–Crippen LogP) is 4.40. The zero-order valence-electron chi connectivity index (χ0n) is 14.4. The summed E-state index contributed by atoms with van der Waals surface area (Å²) >= 11 is 2.99. The molecule has 1 N–H and O–H groups in total. The van der Waals surface area contributed by atoms with Gasteiger partial charge in [-0.15, -0.1) is 22.7 Å². The summed E-state index contributed by atoms with van der Waals surface area (Å²) in [7, 11) is 0. The van der Waals surface area contributed by atoms with Gasteiger partial charge in [0, 0.05) is 24.5 Å². The Morgan fingerprint density at radius 1 is 1.08 bits per heavy atom. The van der Waals surface area contributed by atoms with Gasteiger partial charge in [-0.3, -0.25) is 9.69 Å². The van der Waals surface area contributed by atoms with Crippen molar-refractivity contribution in [1.82, 2.24) is 4.90 Å². The zero-order valence-corrected chi connectivity index (χ0v) is 16.0. The number of hydrogen-bond acceptors (Lipinski definition) is 5. The molecule has 134 valence electrons. The lowest BCUT2D eigenvalue weighted by Gasteiger charge is -2.43. The molecule has 2 atom stereocenters. The number of piperidine rings is 1. The average molecular weight is 384 g/mol. The minimum Gasteiger partial charge on any atom is -0.383 e. The molecule has 0 aliphatic carbocycles. The van der Waals surface area contributed by atoms with E-state index in [1.54, 1.807) is 0 Å². The van der Waals surface area contributed by atoms with Crippen LogP contribution in [0.25, 0.3) is 0 Å². The van der Waals surface area contributed by atoms with E-state index >= 15 is 0 Å². The lowest BCUT2D eigenvalue weighted by molar-refractivity contribution is -0.0631. The summed E-state index contributed by atoms with van der Waals surface area (Å²) in [6.45, 7) is 2.15. The fourth-order valence-electron chi connectivity index (χ4n) is 3.70. The van der Waals surface area contributed by atoms with E-state index in [-0.39, 0.29) is 5.78 Å². The van der Waals surface area contributed by atoms with Crippen molar-refractivity contribution in [3.05, 3.63) is 80.7 Å². The Bertz CT molecular complexity index is 846. The summed E-state index contributed by atoms with van der Waals surface area (Å²) in [5, 5.41) is 15.4. The third kappa shape index (κ3) is 3.40. The number of carbonyl (C=O) groups excluding carboxylic acids is 1. The van der Waals surface area contributed by atoms with Crippen molar-refractivity contribution in [1.29, 1.82) is 0 Å². The zero-order chi connectivity index (χ0) is 18.0. The second-order valence-corrected chi connectivity index (χ2v) is 8.66. The molecule has 1 aliphatic heterocycles. The molecule has 0 unspecified atom stereocenters. The summed E-state index contributed by atoms with van der Waals surface area (Å²) < 4.78 is 0. The number of ketones is 1. The monoisotopic (exact) mass is 383 g/mol. The van der Waals surface area contributed by atoms with E-state index in [2.05, 4.69) is 17.0 Å². The van der Waals surface area contributed by atoms with Crippen LogP contribution < -0.4 is 0 Å². The molecule has 0 bridgehead atoms. The normalized spacial score (nSPS) is 23.8. The molecule has 4 rings (SSSR count). The second-order valence-electron chi connectivity index (χ2n) is 6.77. The largest absolute Gasteiger partial charge is 0.383 e. The molecule has 1 fully saturated rings. The van der Waals surface area contributed by atoms with Crippen molar-refractivity contribution in [3.63, 3.8) is 0 Å². The highest BCUT2D eigenvalue weighted by molar-refractivity contribution is 7.12. The van der Waals surface area contributed by atoms with E-state index in [1.165, 1.54) is 28.2 Å². The molecule has 1 aromatic carbocycles. The first kappa shape index (κ1) is 17.6. The number of benzene rings is 1. The van der Waals surface area contributed by atoms with Crippen LogP contribution in [0.15, 0.2) is 65.4 Å².